The fourth-order valence-corrected chi connectivity index (χ4v) is 7.77. The van der Waals surface area contributed by atoms with Crippen LogP contribution in [0.15, 0.2) is 12.2 Å². The minimum absolute atomic E-state index is 0.0901. The number of rotatable bonds is 46. The summed E-state index contributed by atoms with van der Waals surface area (Å²) in [7, 11) is 1.67. The first-order valence-electron chi connectivity index (χ1n) is 24.4. The van der Waals surface area contributed by atoms with E-state index in [0.29, 0.717) is 24.1 Å². The Kier molecular flexibility index (Phi) is 41.4. The molecule has 0 aliphatic heterocycles. The van der Waals surface area contributed by atoms with E-state index in [-0.39, 0.29) is 25.8 Å². The van der Waals surface area contributed by atoms with Gasteiger partial charge in [0, 0.05) is 13.0 Å². The van der Waals surface area contributed by atoms with Gasteiger partial charge in [-0.05, 0) is 32.1 Å². The Balaban J connectivity index is 3.96. The van der Waals surface area contributed by atoms with Crippen LogP contribution in [-0.4, -0.2) is 75.6 Å². The van der Waals surface area contributed by atoms with E-state index in [1.807, 2.05) is 21.1 Å². The summed E-state index contributed by atoms with van der Waals surface area (Å²) in [6.07, 6.45) is 47.0. The molecule has 9 heteroatoms. The molecule has 0 aliphatic carbocycles. The van der Waals surface area contributed by atoms with Crippen LogP contribution in [-0.2, 0) is 27.9 Å². The van der Waals surface area contributed by atoms with Crippen LogP contribution in [0, 0.1) is 0 Å². The van der Waals surface area contributed by atoms with Gasteiger partial charge in [0.2, 0.25) is 0 Å². The Morgan fingerprint density at radius 3 is 1.40 bits per heavy atom. The average Bonchev–Trinajstić information content (AvgIpc) is 3.16. The van der Waals surface area contributed by atoms with Crippen molar-refractivity contribution in [2.75, 3.05) is 54.1 Å². The zero-order chi connectivity index (χ0) is 42.0. The zero-order valence-electron chi connectivity index (χ0n) is 38.6. The van der Waals surface area contributed by atoms with Crippen molar-refractivity contribution in [2.24, 2.45) is 0 Å². The number of likely N-dealkylation sites (N-methyl/N-ethyl adjacent to an activating group) is 1. The van der Waals surface area contributed by atoms with Crippen molar-refractivity contribution in [3.8, 4) is 0 Å². The van der Waals surface area contributed by atoms with Crippen molar-refractivity contribution in [3.63, 3.8) is 0 Å². The van der Waals surface area contributed by atoms with Crippen LogP contribution in [0.4, 0.5) is 0 Å². The van der Waals surface area contributed by atoms with Gasteiger partial charge in [0.25, 0.3) is 0 Å². The Bertz CT molecular complexity index is 925. The fourth-order valence-electron chi connectivity index (χ4n) is 7.03. The van der Waals surface area contributed by atoms with Gasteiger partial charge in [-0.2, -0.15) is 0 Å². The minimum atomic E-state index is -4.27. The van der Waals surface area contributed by atoms with Crippen molar-refractivity contribution in [1.29, 1.82) is 0 Å². The summed E-state index contributed by atoms with van der Waals surface area (Å²) in [4.78, 5) is 22.8. The Hall–Kier alpha value is -0.760. The molecule has 2 atom stereocenters. The summed E-state index contributed by atoms with van der Waals surface area (Å²) in [5.74, 6) is -0.321. The lowest BCUT2D eigenvalue weighted by atomic mass is 10.0. The van der Waals surface area contributed by atoms with Crippen LogP contribution < -0.4 is 0 Å². The van der Waals surface area contributed by atoms with E-state index < -0.39 is 13.9 Å². The van der Waals surface area contributed by atoms with Gasteiger partial charge in [-0.25, -0.2) is 4.57 Å². The molecule has 0 aliphatic rings. The van der Waals surface area contributed by atoms with Crippen LogP contribution in [0.2, 0.25) is 0 Å². The molecule has 0 fully saturated rings. The van der Waals surface area contributed by atoms with E-state index in [1.54, 1.807) is 0 Å². The fraction of sp³-hybridized carbons (Fsp3) is 0.938. The van der Waals surface area contributed by atoms with Crippen molar-refractivity contribution < 1.29 is 37.3 Å². The molecule has 0 rings (SSSR count). The van der Waals surface area contributed by atoms with Gasteiger partial charge in [0.05, 0.1) is 34.4 Å². The second kappa shape index (κ2) is 42.0. The number of phosphoric acid groups is 1. The van der Waals surface area contributed by atoms with Crippen LogP contribution in [0.5, 0.6) is 0 Å². The first-order valence-corrected chi connectivity index (χ1v) is 25.9. The SMILES string of the molecule is CCC/C=C\CCCCCCCC(=O)OC(COCCCCCCCCCCCCCCCCCCCCCCCCCCC)COP(=O)(O)OCC[N+](C)(C)C. The first-order chi connectivity index (χ1) is 27.6. The van der Waals surface area contributed by atoms with Gasteiger partial charge in [-0.15, -0.1) is 0 Å². The highest BCUT2D eigenvalue weighted by molar-refractivity contribution is 7.47. The molecule has 0 aromatic carbocycles. The van der Waals surface area contributed by atoms with Crippen LogP contribution in [0.1, 0.15) is 232 Å². The number of esters is 1. The number of carbonyl (C=O) groups is 1. The van der Waals surface area contributed by atoms with E-state index in [9.17, 15) is 14.3 Å². The summed E-state index contributed by atoms with van der Waals surface area (Å²) in [6, 6.07) is 0. The van der Waals surface area contributed by atoms with E-state index in [2.05, 4.69) is 26.0 Å². The zero-order valence-corrected chi connectivity index (χ0v) is 39.5. The third kappa shape index (κ3) is 46.2. The number of phosphoric ester groups is 1. The van der Waals surface area contributed by atoms with Crippen molar-refractivity contribution in [1.82, 2.24) is 0 Å². The largest absolute Gasteiger partial charge is 0.472 e. The van der Waals surface area contributed by atoms with Crippen LogP contribution in [0.3, 0.4) is 0 Å². The summed E-state index contributed by atoms with van der Waals surface area (Å²) < 4.78 is 35.0. The number of nitrogens with zero attached hydrogens (tertiary/aromatic N) is 1. The lowest BCUT2D eigenvalue weighted by Crippen LogP contribution is -2.37. The Morgan fingerprint density at radius 2 is 0.947 bits per heavy atom. The minimum Gasteiger partial charge on any atom is -0.457 e. The van der Waals surface area contributed by atoms with E-state index in [1.165, 1.54) is 161 Å². The maximum atomic E-state index is 12.6. The molecule has 0 spiro atoms. The molecule has 0 bridgehead atoms. The maximum absolute atomic E-state index is 12.6. The molecule has 0 aromatic rings. The quantitative estimate of drug-likeness (QED) is 0.0215. The molecule has 1 N–H and O–H groups in total. The van der Waals surface area contributed by atoms with Crippen molar-refractivity contribution in [2.45, 2.75) is 238 Å². The summed E-state index contributed by atoms with van der Waals surface area (Å²) in [6.45, 7) is 5.60. The van der Waals surface area contributed by atoms with Gasteiger partial charge in [-0.3, -0.25) is 13.8 Å². The topological polar surface area (TPSA) is 91.3 Å². The third-order valence-corrected chi connectivity index (χ3v) is 11.8. The standard InChI is InChI=1S/C48H96NO7P/c1-6-8-10-12-14-16-18-19-20-21-22-23-24-25-26-27-28-29-30-31-32-34-36-38-40-43-53-45-47(46-55-57(51,52)54-44-42-49(3,4)5)56-48(50)41-39-37-35-33-17-15-13-11-9-7-2/h11,13,47H,6-10,12,14-46H2,1-5H3/p+1/b13-11-. The van der Waals surface area contributed by atoms with Crippen LogP contribution in [0.25, 0.3) is 0 Å². The predicted octanol–water partition coefficient (Wildman–Crippen LogP) is 14.6. The highest BCUT2D eigenvalue weighted by atomic mass is 31.2. The average molecular weight is 831 g/mol. The molecule has 0 saturated heterocycles. The summed E-state index contributed by atoms with van der Waals surface area (Å²) in [5, 5.41) is 0. The van der Waals surface area contributed by atoms with Gasteiger partial charge in [0.1, 0.15) is 19.3 Å². The number of quaternary nitrogens is 1. The number of ether oxygens (including phenoxy) is 2. The molecule has 340 valence electrons. The summed E-state index contributed by atoms with van der Waals surface area (Å²) >= 11 is 0. The molecule has 0 amide bonds. The molecular weight excluding hydrogens is 734 g/mol. The highest BCUT2D eigenvalue weighted by Gasteiger charge is 2.26. The molecule has 0 saturated carbocycles. The molecule has 57 heavy (non-hydrogen) atoms. The number of allylic oxidation sites excluding steroid dienone is 2. The van der Waals surface area contributed by atoms with Crippen molar-refractivity contribution >= 4 is 13.8 Å². The smallest absolute Gasteiger partial charge is 0.457 e. The van der Waals surface area contributed by atoms with Gasteiger partial charge in [-0.1, -0.05) is 206 Å². The highest BCUT2D eigenvalue weighted by Crippen LogP contribution is 2.43. The molecule has 8 nitrogen and oxygen atoms in total. The number of hydrogen-bond acceptors (Lipinski definition) is 6. The Labute approximate surface area is 354 Å². The molecule has 0 aromatic heterocycles. The van der Waals surface area contributed by atoms with E-state index in [4.69, 9.17) is 18.5 Å². The Morgan fingerprint density at radius 1 is 0.526 bits per heavy atom. The molecule has 0 heterocycles. The molecule has 0 radical (unpaired) electrons. The number of unbranched alkanes of at least 4 members (excludes halogenated alkanes) is 30. The summed E-state index contributed by atoms with van der Waals surface area (Å²) in [5.41, 5.74) is 0. The second-order valence-corrected chi connectivity index (χ2v) is 19.3. The number of hydrogen-bond donors (Lipinski definition) is 1. The van der Waals surface area contributed by atoms with Crippen LogP contribution >= 0.6 is 7.82 Å². The molecule has 2 unspecified atom stereocenters. The van der Waals surface area contributed by atoms with Crippen molar-refractivity contribution in [3.05, 3.63) is 12.2 Å². The monoisotopic (exact) mass is 831 g/mol. The second-order valence-electron chi connectivity index (χ2n) is 17.9. The maximum Gasteiger partial charge on any atom is 0.472 e. The van der Waals surface area contributed by atoms with Gasteiger partial charge >= 0.3 is 13.8 Å². The van der Waals surface area contributed by atoms with E-state index >= 15 is 0 Å². The predicted molar refractivity (Wildman–Crippen MR) is 243 cm³/mol. The normalized spacial score (nSPS) is 13.7. The van der Waals surface area contributed by atoms with Gasteiger partial charge < -0.3 is 18.9 Å². The lowest BCUT2D eigenvalue weighted by molar-refractivity contribution is -0.870. The third-order valence-electron chi connectivity index (χ3n) is 10.8. The van der Waals surface area contributed by atoms with E-state index in [0.717, 1.165) is 51.4 Å². The number of carbonyl (C=O) groups excluding carboxylic acids is 1. The first kappa shape index (κ1) is 56.2. The lowest BCUT2D eigenvalue weighted by Gasteiger charge is -2.24. The molecular formula is C48H97NO7P+. The van der Waals surface area contributed by atoms with Gasteiger partial charge in [0.15, 0.2) is 0 Å².